The van der Waals surface area contributed by atoms with E-state index >= 15 is 0 Å². The standard InChI is InChI=1S/C12H10O4/c13-9-1-5-11(6-2-9)15-16-12-7-3-10(14)4-8-12/h1-8,11-12H. The third-order valence-corrected chi connectivity index (χ3v) is 2.08. The van der Waals surface area contributed by atoms with Crippen molar-refractivity contribution in [3.05, 3.63) is 48.6 Å². The molecular formula is C12H10O4. The zero-order valence-corrected chi connectivity index (χ0v) is 8.41. The second kappa shape index (κ2) is 4.83. The summed E-state index contributed by atoms with van der Waals surface area (Å²) in [4.78, 5) is 31.8. The van der Waals surface area contributed by atoms with Crippen LogP contribution in [-0.4, -0.2) is 23.8 Å². The van der Waals surface area contributed by atoms with Gasteiger partial charge in [0.2, 0.25) is 0 Å². The summed E-state index contributed by atoms with van der Waals surface area (Å²) in [5, 5.41) is 0. The van der Waals surface area contributed by atoms with Crippen LogP contribution in [0.4, 0.5) is 0 Å². The molecule has 0 aromatic carbocycles. The first-order chi connectivity index (χ1) is 7.74. The predicted octanol–water partition coefficient (Wildman–Crippen LogP) is 1.06. The average Bonchev–Trinajstić information content (AvgIpc) is 2.30. The van der Waals surface area contributed by atoms with Crippen LogP contribution in [0.15, 0.2) is 48.6 Å². The van der Waals surface area contributed by atoms with E-state index < -0.39 is 0 Å². The normalized spacial score (nSPS) is 21.0. The van der Waals surface area contributed by atoms with Gasteiger partial charge in [-0.3, -0.25) is 9.59 Å². The van der Waals surface area contributed by atoms with E-state index in [0.717, 1.165) is 0 Å². The van der Waals surface area contributed by atoms with Crippen LogP contribution in [0.2, 0.25) is 0 Å². The first kappa shape index (κ1) is 10.7. The van der Waals surface area contributed by atoms with Crippen molar-refractivity contribution >= 4 is 11.6 Å². The van der Waals surface area contributed by atoms with Crippen molar-refractivity contribution in [2.75, 3.05) is 0 Å². The molecule has 0 N–H and O–H groups in total. The molecule has 0 heterocycles. The molecule has 0 unspecified atom stereocenters. The highest BCUT2D eigenvalue weighted by molar-refractivity contribution is 6.00. The van der Waals surface area contributed by atoms with Gasteiger partial charge in [0.1, 0.15) is 12.2 Å². The summed E-state index contributed by atoms with van der Waals surface area (Å²) in [6, 6.07) is 0. The summed E-state index contributed by atoms with van der Waals surface area (Å²) in [5.41, 5.74) is 0. The Labute approximate surface area is 92.5 Å². The monoisotopic (exact) mass is 218 g/mol. The molecule has 2 rings (SSSR count). The Morgan fingerprint density at radius 2 is 1.00 bits per heavy atom. The molecule has 0 aromatic heterocycles. The van der Waals surface area contributed by atoms with Crippen LogP contribution in [0.25, 0.3) is 0 Å². The Kier molecular flexibility index (Phi) is 3.24. The summed E-state index contributed by atoms with van der Waals surface area (Å²) in [7, 11) is 0. The molecule has 4 nitrogen and oxygen atoms in total. The van der Waals surface area contributed by atoms with Crippen LogP contribution in [0.5, 0.6) is 0 Å². The molecule has 0 fully saturated rings. The lowest BCUT2D eigenvalue weighted by atomic mass is 10.1. The zero-order valence-electron chi connectivity index (χ0n) is 8.41. The van der Waals surface area contributed by atoms with E-state index in [1.165, 1.54) is 24.3 Å². The third kappa shape index (κ3) is 2.85. The van der Waals surface area contributed by atoms with Gasteiger partial charge in [0.05, 0.1) is 0 Å². The fraction of sp³-hybridized carbons (Fsp3) is 0.167. The van der Waals surface area contributed by atoms with Crippen molar-refractivity contribution in [1.82, 2.24) is 0 Å². The molecule has 0 spiro atoms. The number of ketones is 2. The lowest BCUT2D eigenvalue weighted by molar-refractivity contribution is -0.314. The van der Waals surface area contributed by atoms with Gasteiger partial charge in [-0.2, -0.15) is 0 Å². The first-order valence-electron chi connectivity index (χ1n) is 4.87. The number of hydrogen-bond acceptors (Lipinski definition) is 4. The van der Waals surface area contributed by atoms with Gasteiger partial charge in [-0.1, -0.05) is 0 Å². The van der Waals surface area contributed by atoms with Gasteiger partial charge in [0.15, 0.2) is 11.6 Å². The van der Waals surface area contributed by atoms with E-state index in [2.05, 4.69) is 0 Å². The molecule has 2 aliphatic carbocycles. The van der Waals surface area contributed by atoms with Gasteiger partial charge in [-0.15, -0.1) is 0 Å². The average molecular weight is 218 g/mol. The second-order valence-corrected chi connectivity index (χ2v) is 3.36. The first-order valence-corrected chi connectivity index (χ1v) is 4.87. The van der Waals surface area contributed by atoms with Crippen LogP contribution in [0.1, 0.15) is 0 Å². The number of carbonyl (C=O) groups is 2. The van der Waals surface area contributed by atoms with E-state index in [1.807, 2.05) is 0 Å². The van der Waals surface area contributed by atoms with Crippen molar-refractivity contribution in [2.24, 2.45) is 0 Å². The van der Waals surface area contributed by atoms with E-state index in [1.54, 1.807) is 24.3 Å². The Bertz CT molecular complexity index is 343. The van der Waals surface area contributed by atoms with Gasteiger partial charge in [-0.25, -0.2) is 9.78 Å². The number of allylic oxidation sites excluding steroid dienone is 4. The smallest absolute Gasteiger partial charge is 0.178 e. The Balaban J connectivity index is 1.80. The van der Waals surface area contributed by atoms with Gasteiger partial charge in [-0.05, 0) is 48.6 Å². The molecule has 82 valence electrons. The maximum atomic E-state index is 10.8. The van der Waals surface area contributed by atoms with Crippen LogP contribution >= 0.6 is 0 Å². The largest absolute Gasteiger partial charge is 0.290 e. The van der Waals surface area contributed by atoms with Crippen molar-refractivity contribution in [1.29, 1.82) is 0 Å². The van der Waals surface area contributed by atoms with Crippen LogP contribution in [-0.2, 0) is 19.4 Å². The molecule has 2 aliphatic rings. The molecule has 0 aliphatic heterocycles. The fourth-order valence-corrected chi connectivity index (χ4v) is 1.25. The number of hydrogen-bond donors (Lipinski definition) is 0. The van der Waals surface area contributed by atoms with Crippen LogP contribution < -0.4 is 0 Å². The topological polar surface area (TPSA) is 52.6 Å². The summed E-state index contributed by atoms with van der Waals surface area (Å²) in [5.74, 6) is -0.134. The molecule has 0 aromatic rings. The lowest BCUT2D eigenvalue weighted by Gasteiger charge is -2.15. The molecule has 0 radical (unpaired) electrons. The highest BCUT2D eigenvalue weighted by Crippen LogP contribution is 2.09. The molecule has 16 heavy (non-hydrogen) atoms. The molecule has 0 saturated carbocycles. The lowest BCUT2D eigenvalue weighted by Crippen LogP contribution is -2.17. The summed E-state index contributed by atoms with van der Waals surface area (Å²) >= 11 is 0. The number of rotatable bonds is 3. The van der Waals surface area contributed by atoms with Crippen molar-refractivity contribution in [2.45, 2.75) is 12.2 Å². The van der Waals surface area contributed by atoms with Crippen molar-refractivity contribution in [3.8, 4) is 0 Å². The Morgan fingerprint density at radius 1 is 0.688 bits per heavy atom. The van der Waals surface area contributed by atoms with Crippen LogP contribution in [0, 0.1) is 0 Å². The van der Waals surface area contributed by atoms with Gasteiger partial charge < -0.3 is 0 Å². The minimum absolute atomic E-state index is 0.0668. The van der Waals surface area contributed by atoms with E-state index in [4.69, 9.17) is 9.78 Å². The van der Waals surface area contributed by atoms with Gasteiger partial charge in [0, 0.05) is 0 Å². The van der Waals surface area contributed by atoms with Crippen molar-refractivity contribution in [3.63, 3.8) is 0 Å². The van der Waals surface area contributed by atoms with E-state index in [9.17, 15) is 9.59 Å². The highest BCUT2D eigenvalue weighted by atomic mass is 17.2. The van der Waals surface area contributed by atoms with E-state index in [-0.39, 0.29) is 23.8 Å². The predicted molar refractivity (Wildman–Crippen MR) is 56.3 cm³/mol. The quantitative estimate of drug-likeness (QED) is 0.525. The Hall–Kier alpha value is -1.78. The van der Waals surface area contributed by atoms with Crippen LogP contribution in [0.3, 0.4) is 0 Å². The van der Waals surface area contributed by atoms with Crippen molar-refractivity contribution < 1.29 is 19.4 Å². The SMILES string of the molecule is O=C1C=CC(OOC2C=CC(=O)C=C2)C=C1. The molecule has 0 saturated heterocycles. The summed E-state index contributed by atoms with van der Waals surface area (Å²) in [6.07, 6.45) is 11.4. The minimum Gasteiger partial charge on any atom is -0.290 e. The maximum absolute atomic E-state index is 10.8. The third-order valence-electron chi connectivity index (χ3n) is 2.08. The molecular weight excluding hydrogens is 208 g/mol. The summed E-state index contributed by atoms with van der Waals surface area (Å²) in [6.45, 7) is 0. The maximum Gasteiger partial charge on any atom is 0.178 e. The molecule has 4 heteroatoms. The zero-order chi connectivity index (χ0) is 11.4. The highest BCUT2D eigenvalue weighted by Gasteiger charge is 2.12. The Morgan fingerprint density at radius 3 is 1.31 bits per heavy atom. The fourth-order valence-electron chi connectivity index (χ4n) is 1.25. The van der Waals surface area contributed by atoms with Gasteiger partial charge in [0.25, 0.3) is 0 Å². The van der Waals surface area contributed by atoms with E-state index in [0.29, 0.717) is 0 Å². The summed E-state index contributed by atoms with van der Waals surface area (Å²) < 4.78 is 0. The molecule has 0 atom stereocenters. The second-order valence-electron chi connectivity index (χ2n) is 3.36. The number of carbonyl (C=O) groups excluding carboxylic acids is 2. The minimum atomic E-state index is -0.364. The molecule has 0 amide bonds. The molecule has 0 bridgehead atoms. The van der Waals surface area contributed by atoms with Gasteiger partial charge >= 0.3 is 0 Å².